The van der Waals surface area contributed by atoms with Crippen LogP contribution in [0.25, 0.3) is 0 Å². The number of aryl methyl sites for hydroxylation is 1. The van der Waals surface area contributed by atoms with Crippen molar-refractivity contribution in [2.45, 2.75) is 13.8 Å². The molecule has 0 aliphatic rings. The van der Waals surface area contributed by atoms with Crippen LogP contribution in [0.15, 0.2) is 36.4 Å². The Morgan fingerprint density at radius 1 is 1.24 bits per heavy atom. The van der Waals surface area contributed by atoms with E-state index in [1.54, 1.807) is 38.1 Å². The molecule has 0 spiro atoms. The summed E-state index contributed by atoms with van der Waals surface area (Å²) in [6.45, 7) is 3.80. The highest BCUT2D eigenvalue weighted by atomic mass is 35.5. The number of esters is 1. The Labute approximate surface area is 127 Å². The Kier molecular flexibility index (Phi) is 4.81. The fourth-order valence-corrected chi connectivity index (χ4v) is 2.09. The summed E-state index contributed by atoms with van der Waals surface area (Å²) in [5.41, 5.74) is 2.35. The molecule has 0 aliphatic heterocycles. The van der Waals surface area contributed by atoms with Crippen LogP contribution in [0, 0.1) is 12.7 Å². The molecule has 0 aromatic heterocycles. The number of hydrogen-bond donors (Lipinski definition) is 1. The molecule has 0 amide bonds. The standard InChI is InChI=1S/C16H15ClFNO2/c1-3-21-16(20)13-9-11(17)4-6-15(13)19-14-7-5-12(18)8-10(14)2/h4-9,19H,3H2,1-2H3. The van der Waals surface area contributed by atoms with Gasteiger partial charge in [0.15, 0.2) is 0 Å². The zero-order valence-corrected chi connectivity index (χ0v) is 12.5. The van der Waals surface area contributed by atoms with Gasteiger partial charge in [-0.25, -0.2) is 9.18 Å². The SMILES string of the molecule is CCOC(=O)c1cc(Cl)ccc1Nc1ccc(F)cc1C. The van der Waals surface area contributed by atoms with Crippen LogP contribution in [-0.4, -0.2) is 12.6 Å². The van der Waals surface area contributed by atoms with Crippen LogP contribution < -0.4 is 5.32 Å². The van der Waals surface area contributed by atoms with Crippen molar-refractivity contribution in [3.8, 4) is 0 Å². The fourth-order valence-electron chi connectivity index (χ4n) is 1.92. The second-order valence-electron chi connectivity index (χ2n) is 4.49. The van der Waals surface area contributed by atoms with Gasteiger partial charge in [-0.3, -0.25) is 0 Å². The summed E-state index contributed by atoms with van der Waals surface area (Å²) < 4.78 is 18.1. The fraction of sp³-hybridized carbons (Fsp3) is 0.188. The Morgan fingerprint density at radius 3 is 2.62 bits per heavy atom. The van der Waals surface area contributed by atoms with E-state index in [1.807, 2.05) is 0 Å². The van der Waals surface area contributed by atoms with Gasteiger partial charge < -0.3 is 10.1 Å². The van der Waals surface area contributed by atoms with Crippen molar-refractivity contribution in [1.82, 2.24) is 0 Å². The maximum absolute atomic E-state index is 13.1. The quantitative estimate of drug-likeness (QED) is 0.831. The number of hydrogen-bond acceptors (Lipinski definition) is 3. The molecule has 0 aliphatic carbocycles. The summed E-state index contributed by atoms with van der Waals surface area (Å²) in [5, 5.41) is 3.55. The Balaban J connectivity index is 2.37. The average molecular weight is 308 g/mol. The van der Waals surface area contributed by atoms with Gasteiger partial charge in [-0.15, -0.1) is 0 Å². The topological polar surface area (TPSA) is 38.3 Å². The molecule has 0 fully saturated rings. The van der Waals surface area contributed by atoms with E-state index in [1.165, 1.54) is 12.1 Å². The van der Waals surface area contributed by atoms with Gasteiger partial charge in [-0.05, 0) is 55.8 Å². The minimum Gasteiger partial charge on any atom is -0.462 e. The summed E-state index contributed by atoms with van der Waals surface area (Å²) in [6.07, 6.45) is 0. The number of nitrogens with one attached hydrogen (secondary N) is 1. The molecule has 0 unspecified atom stereocenters. The van der Waals surface area contributed by atoms with Crippen LogP contribution in [0.2, 0.25) is 5.02 Å². The van der Waals surface area contributed by atoms with E-state index in [0.717, 1.165) is 5.56 Å². The molecular weight excluding hydrogens is 293 g/mol. The number of carbonyl (C=O) groups is 1. The predicted octanol–water partition coefficient (Wildman–Crippen LogP) is 4.71. The molecular formula is C16H15ClFNO2. The maximum Gasteiger partial charge on any atom is 0.340 e. The van der Waals surface area contributed by atoms with Gasteiger partial charge in [0.05, 0.1) is 17.9 Å². The van der Waals surface area contributed by atoms with Crippen LogP contribution in [0.4, 0.5) is 15.8 Å². The van der Waals surface area contributed by atoms with E-state index < -0.39 is 5.97 Å². The lowest BCUT2D eigenvalue weighted by Crippen LogP contribution is -2.08. The molecule has 21 heavy (non-hydrogen) atoms. The first-order chi connectivity index (χ1) is 10.0. The number of benzene rings is 2. The van der Waals surface area contributed by atoms with Gasteiger partial charge in [0.1, 0.15) is 5.82 Å². The van der Waals surface area contributed by atoms with Gasteiger partial charge in [0, 0.05) is 10.7 Å². The molecule has 0 atom stereocenters. The largest absolute Gasteiger partial charge is 0.462 e. The third-order valence-corrected chi connectivity index (χ3v) is 3.17. The smallest absolute Gasteiger partial charge is 0.340 e. The van der Waals surface area contributed by atoms with Gasteiger partial charge in [-0.2, -0.15) is 0 Å². The second-order valence-corrected chi connectivity index (χ2v) is 4.93. The second kappa shape index (κ2) is 6.59. The van der Waals surface area contributed by atoms with Crippen molar-refractivity contribution in [2.24, 2.45) is 0 Å². The lowest BCUT2D eigenvalue weighted by atomic mass is 10.1. The van der Waals surface area contributed by atoms with Crippen molar-refractivity contribution in [2.75, 3.05) is 11.9 Å². The van der Waals surface area contributed by atoms with Crippen LogP contribution in [0.1, 0.15) is 22.8 Å². The Hall–Kier alpha value is -2.07. The molecule has 0 radical (unpaired) electrons. The summed E-state index contributed by atoms with van der Waals surface area (Å²) in [4.78, 5) is 12.0. The molecule has 2 aromatic carbocycles. The Bertz CT molecular complexity index is 673. The van der Waals surface area contributed by atoms with Crippen molar-refractivity contribution in [3.63, 3.8) is 0 Å². The predicted molar refractivity (Wildman–Crippen MR) is 81.8 cm³/mol. The summed E-state index contributed by atoms with van der Waals surface area (Å²) in [5.74, 6) is -0.762. The van der Waals surface area contributed by atoms with E-state index in [4.69, 9.17) is 16.3 Å². The Morgan fingerprint density at radius 2 is 1.95 bits per heavy atom. The molecule has 0 saturated heterocycles. The van der Waals surface area contributed by atoms with Crippen LogP contribution in [0.3, 0.4) is 0 Å². The lowest BCUT2D eigenvalue weighted by molar-refractivity contribution is 0.0527. The van der Waals surface area contributed by atoms with E-state index >= 15 is 0 Å². The third-order valence-electron chi connectivity index (χ3n) is 2.93. The molecule has 2 aromatic rings. The van der Waals surface area contributed by atoms with E-state index in [-0.39, 0.29) is 12.4 Å². The molecule has 110 valence electrons. The first kappa shape index (κ1) is 15.3. The molecule has 2 rings (SSSR count). The van der Waals surface area contributed by atoms with Gasteiger partial charge in [-0.1, -0.05) is 11.6 Å². The summed E-state index contributed by atoms with van der Waals surface area (Å²) in [7, 11) is 0. The van der Waals surface area contributed by atoms with Crippen molar-refractivity contribution < 1.29 is 13.9 Å². The number of ether oxygens (including phenoxy) is 1. The first-order valence-corrected chi connectivity index (χ1v) is 6.89. The molecule has 3 nitrogen and oxygen atoms in total. The highest BCUT2D eigenvalue weighted by molar-refractivity contribution is 6.31. The zero-order valence-electron chi connectivity index (χ0n) is 11.7. The maximum atomic E-state index is 13.1. The highest BCUT2D eigenvalue weighted by Crippen LogP contribution is 2.27. The summed E-state index contributed by atoms with van der Waals surface area (Å²) in [6, 6.07) is 9.30. The molecule has 1 N–H and O–H groups in total. The van der Waals surface area contributed by atoms with Crippen molar-refractivity contribution in [3.05, 3.63) is 58.4 Å². The van der Waals surface area contributed by atoms with Gasteiger partial charge >= 0.3 is 5.97 Å². The number of anilines is 2. The first-order valence-electron chi connectivity index (χ1n) is 6.51. The molecule has 0 heterocycles. The third kappa shape index (κ3) is 3.73. The average Bonchev–Trinajstić information content (AvgIpc) is 2.43. The van der Waals surface area contributed by atoms with E-state index in [2.05, 4.69) is 5.32 Å². The van der Waals surface area contributed by atoms with Gasteiger partial charge in [0.25, 0.3) is 0 Å². The zero-order chi connectivity index (χ0) is 15.4. The number of halogens is 2. The van der Waals surface area contributed by atoms with Crippen LogP contribution >= 0.6 is 11.6 Å². The molecule has 5 heteroatoms. The number of carbonyl (C=O) groups excluding carboxylic acids is 1. The van der Waals surface area contributed by atoms with E-state index in [0.29, 0.717) is 22.0 Å². The number of rotatable bonds is 4. The van der Waals surface area contributed by atoms with Crippen molar-refractivity contribution >= 4 is 28.9 Å². The normalized spacial score (nSPS) is 10.3. The van der Waals surface area contributed by atoms with Crippen molar-refractivity contribution in [1.29, 1.82) is 0 Å². The van der Waals surface area contributed by atoms with E-state index in [9.17, 15) is 9.18 Å². The molecule has 0 bridgehead atoms. The highest BCUT2D eigenvalue weighted by Gasteiger charge is 2.14. The minimum atomic E-state index is -0.456. The van der Waals surface area contributed by atoms with Gasteiger partial charge in [0.2, 0.25) is 0 Å². The summed E-state index contributed by atoms with van der Waals surface area (Å²) >= 11 is 5.93. The van der Waals surface area contributed by atoms with Crippen LogP contribution in [-0.2, 0) is 4.74 Å². The van der Waals surface area contributed by atoms with Crippen LogP contribution in [0.5, 0.6) is 0 Å². The minimum absolute atomic E-state index is 0.278. The molecule has 0 saturated carbocycles. The monoisotopic (exact) mass is 307 g/mol. The lowest BCUT2D eigenvalue weighted by Gasteiger charge is -2.13.